The smallest absolute Gasteiger partial charge is 0.136 e. The summed E-state index contributed by atoms with van der Waals surface area (Å²) in [5.74, 6) is -1.37. The van der Waals surface area contributed by atoms with Gasteiger partial charge in [-0.1, -0.05) is 17.2 Å². The third kappa shape index (κ3) is 4.40. The lowest BCUT2D eigenvalue weighted by atomic mass is 10.1. The zero-order chi connectivity index (χ0) is 22.0. The average molecular weight is 442 g/mol. The molecule has 158 valence electrons. The lowest BCUT2D eigenvalue weighted by Crippen LogP contribution is -2.01. The first-order chi connectivity index (χ1) is 15.0. The van der Waals surface area contributed by atoms with Crippen LogP contribution in [0.1, 0.15) is 5.56 Å². The van der Waals surface area contributed by atoms with Crippen molar-refractivity contribution in [3.8, 4) is 11.1 Å². The van der Waals surface area contributed by atoms with Crippen molar-refractivity contribution < 1.29 is 13.2 Å². The molecule has 4 aromatic rings. The molecule has 0 atom stereocenters. The molecule has 0 N–H and O–H groups in total. The van der Waals surface area contributed by atoms with E-state index < -0.39 is 17.5 Å². The first kappa shape index (κ1) is 20.9. The number of nitrogens with zero attached hydrogens (tertiary/aromatic N) is 6. The molecule has 0 saturated heterocycles. The molecule has 0 saturated carbocycles. The molecule has 2 aromatic carbocycles. The van der Waals surface area contributed by atoms with Crippen molar-refractivity contribution in [3.05, 3.63) is 82.4 Å². The molecule has 2 heterocycles. The number of rotatable bonds is 7. The molecule has 10 heteroatoms. The largest absolute Gasteiger partial charge is 0.342 e. The summed E-state index contributed by atoms with van der Waals surface area (Å²) < 4.78 is 46.5. The Kier molecular flexibility index (Phi) is 5.92. The topological polar surface area (TPSA) is 71.5 Å². The van der Waals surface area contributed by atoms with Crippen molar-refractivity contribution in [2.75, 3.05) is 12.3 Å². The molecule has 0 fully saturated rings. The molecule has 0 spiro atoms. The Labute approximate surface area is 179 Å². The van der Waals surface area contributed by atoms with Gasteiger partial charge in [-0.2, -0.15) is 5.10 Å². The SMILES string of the molecule is Cn1cc(-c2ccc(Cn3cc(SCCN=[N+]=[N-])c4c(F)cc(F)cc43)c(F)c2)cn1. The van der Waals surface area contributed by atoms with Gasteiger partial charge in [0.25, 0.3) is 0 Å². The Balaban J connectivity index is 1.68. The van der Waals surface area contributed by atoms with Crippen molar-refractivity contribution in [3.63, 3.8) is 0 Å². The zero-order valence-corrected chi connectivity index (χ0v) is 17.3. The summed E-state index contributed by atoms with van der Waals surface area (Å²) >= 11 is 1.30. The predicted molar refractivity (Wildman–Crippen MR) is 114 cm³/mol. The number of hydrogen-bond donors (Lipinski definition) is 0. The maximum atomic E-state index is 14.8. The lowest BCUT2D eigenvalue weighted by Gasteiger charge is -2.08. The molecule has 6 nitrogen and oxygen atoms in total. The maximum Gasteiger partial charge on any atom is 0.136 e. The second-order valence-corrected chi connectivity index (χ2v) is 8.05. The molecule has 0 aliphatic carbocycles. The van der Waals surface area contributed by atoms with E-state index in [2.05, 4.69) is 15.1 Å². The molecule has 0 aliphatic rings. The van der Waals surface area contributed by atoms with E-state index in [1.54, 1.807) is 47.0 Å². The number of aryl methyl sites for hydroxylation is 1. The number of fused-ring (bicyclic) bond motifs is 1. The van der Waals surface area contributed by atoms with E-state index in [1.807, 2.05) is 0 Å². The van der Waals surface area contributed by atoms with Crippen LogP contribution in [0.25, 0.3) is 32.5 Å². The fourth-order valence-electron chi connectivity index (χ4n) is 3.40. The highest BCUT2D eigenvalue weighted by Crippen LogP contribution is 2.33. The van der Waals surface area contributed by atoms with Crippen LogP contribution >= 0.6 is 11.8 Å². The fourth-order valence-corrected chi connectivity index (χ4v) is 4.34. The quantitative estimate of drug-likeness (QED) is 0.117. The summed E-state index contributed by atoms with van der Waals surface area (Å²) in [6.45, 7) is 0.344. The molecule has 4 rings (SSSR count). The van der Waals surface area contributed by atoms with Gasteiger partial charge in [0.1, 0.15) is 17.5 Å². The van der Waals surface area contributed by atoms with E-state index in [0.29, 0.717) is 27.3 Å². The second kappa shape index (κ2) is 8.79. The zero-order valence-electron chi connectivity index (χ0n) is 16.5. The molecule has 0 aliphatic heterocycles. The second-order valence-electron chi connectivity index (χ2n) is 6.91. The molecule has 0 bridgehead atoms. The standard InChI is InChI=1S/C21H17F3N6S/c1-29-10-15(9-27-29)13-2-3-14(17(23)6-13)11-30-12-20(31-5-4-26-28-25)21-18(24)7-16(22)8-19(21)30/h2-3,6-10,12H,4-5,11H2,1H3. The van der Waals surface area contributed by atoms with Crippen LogP contribution in [0.5, 0.6) is 0 Å². The lowest BCUT2D eigenvalue weighted by molar-refractivity contribution is 0.589. The summed E-state index contributed by atoms with van der Waals surface area (Å²) in [5, 5.41) is 7.82. The minimum atomic E-state index is -0.706. The van der Waals surface area contributed by atoms with Crippen molar-refractivity contribution >= 4 is 22.7 Å². The summed E-state index contributed by atoms with van der Waals surface area (Å²) in [5.41, 5.74) is 10.6. The average Bonchev–Trinajstić information content (AvgIpc) is 3.31. The minimum absolute atomic E-state index is 0.107. The third-order valence-corrected chi connectivity index (χ3v) is 5.81. The maximum absolute atomic E-state index is 14.8. The van der Waals surface area contributed by atoms with E-state index >= 15 is 0 Å². The van der Waals surface area contributed by atoms with Crippen LogP contribution in [-0.4, -0.2) is 26.6 Å². The molecule has 0 amide bonds. The van der Waals surface area contributed by atoms with Crippen LogP contribution in [-0.2, 0) is 13.6 Å². The third-order valence-electron chi connectivity index (χ3n) is 4.81. The van der Waals surface area contributed by atoms with Gasteiger partial charge in [-0.05, 0) is 23.2 Å². The van der Waals surface area contributed by atoms with Gasteiger partial charge in [0.2, 0.25) is 0 Å². The Morgan fingerprint density at radius 1 is 1.10 bits per heavy atom. The Hall–Kier alpha value is -3.36. The van der Waals surface area contributed by atoms with Gasteiger partial charge >= 0.3 is 0 Å². The molecule has 0 unspecified atom stereocenters. The van der Waals surface area contributed by atoms with Gasteiger partial charge in [-0.3, -0.25) is 4.68 Å². The van der Waals surface area contributed by atoms with Crippen molar-refractivity contribution in [1.82, 2.24) is 14.3 Å². The van der Waals surface area contributed by atoms with E-state index in [1.165, 1.54) is 23.9 Å². The predicted octanol–water partition coefficient (Wildman–Crippen LogP) is 5.91. The van der Waals surface area contributed by atoms with Gasteiger partial charge in [0.05, 0.1) is 18.3 Å². The van der Waals surface area contributed by atoms with E-state index in [9.17, 15) is 13.2 Å². The van der Waals surface area contributed by atoms with Crippen molar-refractivity contribution in [2.24, 2.45) is 12.2 Å². The first-order valence-corrected chi connectivity index (χ1v) is 10.3. The van der Waals surface area contributed by atoms with E-state index in [-0.39, 0.29) is 18.5 Å². The van der Waals surface area contributed by atoms with Gasteiger partial charge in [-0.25, -0.2) is 13.2 Å². The molecule has 31 heavy (non-hydrogen) atoms. The highest BCUT2D eigenvalue weighted by Gasteiger charge is 2.16. The highest BCUT2D eigenvalue weighted by atomic mass is 32.2. The number of benzene rings is 2. The number of aromatic nitrogens is 3. The van der Waals surface area contributed by atoms with Crippen LogP contribution in [0.2, 0.25) is 0 Å². The number of halogens is 3. The fraction of sp³-hybridized carbons (Fsp3) is 0.190. The normalized spacial score (nSPS) is 11.1. The molecule has 0 radical (unpaired) electrons. The van der Waals surface area contributed by atoms with E-state index in [0.717, 1.165) is 11.6 Å². The van der Waals surface area contributed by atoms with Crippen LogP contribution < -0.4 is 0 Å². The number of thioether (sulfide) groups is 1. The summed E-state index contributed by atoms with van der Waals surface area (Å²) in [7, 11) is 1.78. The van der Waals surface area contributed by atoms with Gasteiger partial charge in [0.15, 0.2) is 0 Å². The van der Waals surface area contributed by atoms with Crippen LogP contribution in [0.4, 0.5) is 13.2 Å². The molecule has 2 aromatic heterocycles. The van der Waals surface area contributed by atoms with Crippen molar-refractivity contribution in [2.45, 2.75) is 11.4 Å². The summed E-state index contributed by atoms with van der Waals surface area (Å²) in [4.78, 5) is 3.27. The number of hydrogen-bond acceptors (Lipinski definition) is 3. The monoisotopic (exact) mass is 442 g/mol. The Morgan fingerprint density at radius 3 is 2.65 bits per heavy atom. The van der Waals surface area contributed by atoms with Crippen LogP contribution in [0, 0.1) is 17.5 Å². The molecular weight excluding hydrogens is 425 g/mol. The Morgan fingerprint density at radius 2 is 1.94 bits per heavy atom. The van der Waals surface area contributed by atoms with E-state index in [4.69, 9.17) is 5.53 Å². The van der Waals surface area contributed by atoms with Crippen molar-refractivity contribution in [1.29, 1.82) is 0 Å². The summed E-state index contributed by atoms with van der Waals surface area (Å²) in [6, 6.07) is 6.94. The minimum Gasteiger partial charge on any atom is -0.342 e. The Bertz CT molecular complexity index is 1310. The summed E-state index contributed by atoms with van der Waals surface area (Å²) in [6.07, 6.45) is 5.11. The van der Waals surface area contributed by atoms with Crippen LogP contribution in [0.3, 0.4) is 0 Å². The van der Waals surface area contributed by atoms with Gasteiger partial charge in [-0.15, -0.1) is 11.8 Å². The van der Waals surface area contributed by atoms with Gasteiger partial charge < -0.3 is 4.57 Å². The van der Waals surface area contributed by atoms with Gasteiger partial charge in [0, 0.05) is 64.1 Å². The van der Waals surface area contributed by atoms with Crippen LogP contribution in [0.15, 0.2) is 58.9 Å². The highest BCUT2D eigenvalue weighted by molar-refractivity contribution is 7.99. The number of azide groups is 1. The first-order valence-electron chi connectivity index (χ1n) is 9.35. The molecular formula is C21H17F3N6S.